The number of nitrogens with one attached hydrogen (secondary N) is 7. The zero-order chi connectivity index (χ0) is 42.5. The Bertz CT molecular complexity index is 2020. The third-order valence-electron chi connectivity index (χ3n) is 10.5. The largest absolute Gasteiger partial charge is 0.370 e. The van der Waals surface area contributed by atoms with Crippen LogP contribution in [0, 0.1) is 0 Å². The van der Waals surface area contributed by atoms with E-state index in [4.69, 9.17) is 11.5 Å². The van der Waals surface area contributed by atoms with Gasteiger partial charge in [0, 0.05) is 56.5 Å². The lowest BCUT2D eigenvalue weighted by Gasteiger charge is -2.31. The van der Waals surface area contributed by atoms with E-state index in [1.807, 2.05) is 54.6 Å². The van der Waals surface area contributed by atoms with Gasteiger partial charge in [0.2, 0.25) is 41.4 Å². The second-order valence-corrected chi connectivity index (χ2v) is 15.0. The number of carbonyl (C=O) groups is 7. The molecule has 59 heavy (non-hydrogen) atoms. The number of nitrogens with zero attached hydrogens (tertiary/aromatic N) is 2. The number of nitrogens with two attached hydrogens (primary N) is 2. The van der Waals surface area contributed by atoms with Crippen molar-refractivity contribution in [1.29, 1.82) is 0 Å². The topological polar surface area (TPSA) is 275 Å². The van der Waals surface area contributed by atoms with Crippen LogP contribution >= 0.6 is 0 Å². The number of H-pyrrole nitrogens is 1. The number of carbonyl (C=O) groups excluding carboxylic acids is 7. The van der Waals surface area contributed by atoms with Crippen LogP contribution in [0.5, 0.6) is 0 Å². The fourth-order valence-electron chi connectivity index (χ4n) is 7.42. The predicted molar refractivity (Wildman–Crippen MR) is 220 cm³/mol. The average molecular weight is 814 g/mol. The Kier molecular flexibility index (Phi) is 15.4. The second kappa shape index (κ2) is 20.8. The lowest BCUT2D eigenvalue weighted by Crippen LogP contribution is -2.59. The molecule has 11 N–H and O–H groups in total. The Morgan fingerprint density at radius 1 is 0.881 bits per heavy atom. The van der Waals surface area contributed by atoms with Crippen LogP contribution in [0.1, 0.15) is 63.5 Å². The number of aliphatic imine (C=N–C) groups is 1. The number of amides is 7. The second-order valence-electron chi connectivity index (χ2n) is 15.0. The first kappa shape index (κ1) is 43.7. The van der Waals surface area contributed by atoms with Crippen LogP contribution in [0.15, 0.2) is 65.8 Å². The average Bonchev–Trinajstić information content (AvgIpc) is 3.87. The SMILES string of the molecule is CC(=O)N[C@@H](Cc1ccccc1)C(=O)N[C@H]1CCCNC(=O)C(CCCN=C(N)N)NC(=O)C(Cc2c[nH]c3ccccc23)NC(=O)[C@@H](C)NC(=O)C2CCCN2C1=O. The van der Waals surface area contributed by atoms with Gasteiger partial charge in [-0.1, -0.05) is 48.5 Å². The zero-order valence-electron chi connectivity index (χ0n) is 33.4. The minimum absolute atomic E-state index is 0.0643. The molecule has 0 bridgehead atoms. The van der Waals surface area contributed by atoms with Gasteiger partial charge in [-0.3, -0.25) is 38.6 Å². The van der Waals surface area contributed by atoms with Gasteiger partial charge in [-0.2, -0.15) is 0 Å². The van der Waals surface area contributed by atoms with E-state index in [0.29, 0.717) is 19.3 Å². The van der Waals surface area contributed by atoms with Crippen molar-refractivity contribution in [1.82, 2.24) is 41.8 Å². The van der Waals surface area contributed by atoms with Crippen molar-refractivity contribution in [2.45, 2.75) is 101 Å². The molecule has 2 aromatic carbocycles. The molecule has 2 saturated heterocycles. The van der Waals surface area contributed by atoms with Crippen LogP contribution in [0.3, 0.4) is 0 Å². The summed E-state index contributed by atoms with van der Waals surface area (Å²) in [5.74, 6) is -4.00. The smallest absolute Gasteiger partial charge is 0.245 e. The molecule has 3 unspecified atom stereocenters. The number of hydrogen-bond acceptors (Lipinski definition) is 8. The molecule has 18 heteroatoms. The summed E-state index contributed by atoms with van der Waals surface area (Å²) in [6.07, 6.45) is 3.58. The van der Waals surface area contributed by atoms with Crippen LogP contribution in [0.25, 0.3) is 10.9 Å². The molecule has 7 amide bonds. The van der Waals surface area contributed by atoms with Gasteiger partial charge in [0.1, 0.15) is 36.3 Å². The van der Waals surface area contributed by atoms with Crippen LogP contribution in [0.4, 0.5) is 0 Å². The van der Waals surface area contributed by atoms with Gasteiger partial charge in [-0.05, 0) is 62.6 Å². The molecule has 2 aliphatic heterocycles. The van der Waals surface area contributed by atoms with Crippen LogP contribution < -0.4 is 43.4 Å². The fourth-order valence-corrected chi connectivity index (χ4v) is 7.42. The van der Waals surface area contributed by atoms with Gasteiger partial charge in [-0.25, -0.2) is 0 Å². The van der Waals surface area contributed by atoms with Gasteiger partial charge in [0.25, 0.3) is 0 Å². The minimum Gasteiger partial charge on any atom is -0.370 e. The molecule has 3 heterocycles. The Hall–Kier alpha value is -6.46. The summed E-state index contributed by atoms with van der Waals surface area (Å²) >= 11 is 0. The van der Waals surface area contributed by atoms with Gasteiger partial charge in [0.05, 0.1) is 0 Å². The van der Waals surface area contributed by atoms with Crippen LogP contribution in [-0.2, 0) is 46.4 Å². The number of hydrogen-bond donors (Lipinski definition) is 9. The molecule has 0 saturated carbocycles. The van der Waals surface area contributed by atoms with E-state index in [1.54, 1.807) is 6.20 Å². The highest BCUT2D eigenvalue weighted by atomic mass is 16.2. The van der Waals surface area contributed by atoms with Crippen molar-refractivity contribution >= 4 is 58.2 Å². The molecule has 3 aromatic rings. The normalized spacial score (nSPS) is 22.7. The van der Waals surface area contributed by atoms with Crippen LogP contribution in [-0.4, -0.2) is 113 Å². The van der Waals surface area contributed by atoms with E-state index in [2.05, 4.69) is 41.9 Å². The van der Waals surface area contributed by atoms with E-state index in [0.717, 1.165) is 22.0 Å². The molecule has 0 aliphatic carbocycles. The lowest BCUT2D eigenvalue weighted by molar-refractivity contribution is -0.142. The zero-order valence-corrected chi connectivity index (χ0v) is 33.4. The maximum atomic E-state index is 14.3. The monoisotopic (exact) mass is 813 g/mol. The van der Waals surface area contributed by atoms with Crippen molar-refractivity contribution in [3.8, 4) is 0 Å². The van der Waals surface area contributed by atoms with Crippen molar-refractivity contribution in [3.63, 3.8) is 0 Å². The molecule has 0 radical (unpaired) electrons. The molecule has 316 valence electrons. The van der Waals surface area contributed by atoms with Crippen molar-refractivity contribution < 1.29 is 33.6 Å². The first-order valence-corrected chi connectivity index (χ1v) is 20.0. The summed E-state index contributed by atoms with van der Waals surface area (Å²) in [4.78, 5) is 104. The molecule has 18 nitrogen and oxygen atoms in total. The Morgan fingerprint density at radius 3 is 2.36 bits per heavy atom. The number of benzene rings is 2. The highest BCUT2D eigenvalue weighted by Gasteiger charge is 2.39. The molecule has 0 spiro atoms. The van der Waals surface area contributed by atoms with Crippen molar-refractivity contribution in [2.24, 2.45) is 16.5 Å². The van der Waals surface area contributed by atoms with E-state index >= 15 is 0 Å². The van der Waals surface area contributed by atoms with E-state index in [1.165, 1.54) is 18.7 Å². The summed E-state index contributed by atoms with van der Waals surface area (Å²) in [7, 11) is 0. The highest BCUT2D eigenvalue weighted by molar-refractivity contribution is 5.97. The Labute approximate surface area is 342 Å². The molecular formula is C41H55N11O7. The summed E-state index contributed by atoms with van der Waals surface area (Å²) in [6, 6.07) is 10.2. The number of fused-ring (bicyclic) bond motifs is 2. The third kappa shape index (κ3) is 12.3. The highest BCUT2D eigenvalue weighted by Crippen LogP contribution is 2.22. The number of aromatic nitrogens is 1. The summed E-state index contributed by atoms with van der Waals surface area (Å²) < 4.78 is 0. The van der Waals surface area contributed by atoms with E-state index in [-0.39, 0.29) is 57.7 Å². The summed E-state index contributed by atoms with van der Waals surface area (Å²) in [6.45, 7) is 3.26. The fraction of sp³-hybridized carbons (Fsp3) is 0.463. The maximum absolute atomic E-state index is 14.3. The summed E-state index contributed by atoms with van der Waals surface area (Å²) in [5.41, 5.74) is 13.4. The molecule has 1 aromatic heterocycles. The standard InChI is InChI=1S/C41H55N11O7/c1-24-35(54)51-33(22-27-23-46-29-14-7-6-13-28(27)29)38(57)49-30(15-8-19-45-41(42)43)36(55)44-18-9-16-31(40(59)52-20-10-17-34(52)39(58)47-24)50-37(56)32(48-25(2)53)21-26-11-4-3-5-12-26/h3-7,11-14,23-24,30-34,46H,8-10,15-22H2,1-2H3,(H,44,55)(H,47,58)(H,48,53)(H,49,57)(H,50,56)(H,51,54)(H4,42,43,45)/t24-,30?,31+,32+,33?,34?/m1/s1. The number of guanidine groups is 1. The predicted octanol–water partition coefficient (Wildman–Crippen LogP) is -0.628. The van der Waals surface area contributed by atoms with Crippen LogP contribution in [0.2, 0.25) is 0 Å². The van der Waals surface area contributed by atoms with E-state index < -0.39 is 77.6 Å². The lowest BCUT2D eigenvalue weighted by atomic mass is 10.0. The molecule has 5 rings (SSSR count). The maximum Gasteiger partial charge on any atom is 0.245 e. The molecule has 6 atom stereocenters. The van der Waals surface area contributed by atoms with Crippen molar-refractivity contribution in [3.05, 3.63) is 71.9 Å². The van der Waals surface area contributed by atoms with Gasteiger partial charge in [-0.15, -0.1) is 0 Å². The molecule has 2 aliphatic rings. The summed E-state index contributed by atoms with van der Waals surface area (Å²) in [5, 5.41) is 17.5. The van der Waals surface area contributed by atoms with Crippen molar-refractivity contribution in [2.75, 3.05) is 19.6 Å². The quantitative estimate of drug-likeness (QED) is 0.0677. The number of para-hydroxylation sites is 1. The van der Waals surface area contributed by atoms with Gasteiger partial charge >= 0.3 is 0 Å². The van der Waals surface area contributed by atoms with Gasteiger partial charge < -0.3 is 53.3 Å². The molecule has 2 fully saturated rings. The minimum atomic E-state index is -1.15. The third-order valence-corrected chi connectivity index (χ3v) is 10.5. The molecular weight excluding hydrogens is 759 g/mol. The number of aromatic amines is 1. The first-order valence-electron chi connectivity index (χ1n) is 20.0. The Morgan fingerprint density at radius 2 is 1.61 bits per heavy atom. The van der Waals surface area contributed by atoms with E-state index in [9.17, 15) is 33.6 Å². The first-order chi connectivity index (χ1) is 28.3. The Balaban J connectivity index is 1.41. The van der Waals surface area contributed by atoms with Gasteiger partial charge in [0.15, 0.2) is 5.96 Å². The number of rotatable bonds is 11.